The van der Waals surface area contributed by atoms with E-state index in [1.165, 1.54) is 6.08 Å². The highest BCUT2D eigenvalue weighted by atomic mass is 16.5. The number of hydrogen-bond donors (Lipinski definition) is 0. The SMILES string of the molecule is COc1cc(CN=C=O)ccc1OC1CCN(C)CC1. The molecule has 0 amide bonds. The highest BCUT2D eigenvalue weighted by Gasteiger charge is 2.19. The minimum absolute atomic E-state index is 0.235. The van der Waals surface area contributed by atoms with Gasteiger partial charge >= 0.3 is 0 Å². The summed E-state index contributed by atoms with van der Waals surface area (Å²) in [6.45, 7) is 2.42. The summed E-state index contributed by atoms with van der Waals surface area (Å²) in [5, 5.41) is 0. The fourth-order valence-electron chi connectivity index (χ4n) is 2.31. The Morgan fingerprint density at radius 3 is 2.75 bits per heavy atom. The average Bonchev–Trinajstić information content (AvgIpc) is 2.48. The lowest BCUT2D eigenvalue weighted by Crippen LogP contribution is -2.35. The topological polar surface area (TPSA) is 51.1 Å². The largest absolute Gasteiger partial charge is 0.493 e. The molecule has 108 valence electrons. The fourth-order valence-corrected chi connectivity index (χ4v) is 2.31. The number of ether oxygens (including phenoxy) is 2. The van der Waals surface area contributed by atoms with Gasteiger partial charge < -0.3 is 14.4 Å². The van der Waals surface area contributed by atoms with Gasteiger partial charge in [-0.1, -0.05) is 6.07 Å². The van der Waals surface area contributed by atoms with Gasteiger partial charge in [0.25, 0.3) is 0 Å². The van der Waals surface area contributed by atoms with E-state index in [4.69, 9.17) is 9.47 Å². The molecule has 5 nitrogen and oxygen atoms in total. The first-order chi connectivity index (χ1) is 9.72. The zero-order valence-corrected chi connectivity index (χ0v) is 12.0. The number of isocyanates is 1. The molecule has 0 bridgehead atoms. The Labute approximate surface area is 119 Å². The van der Waals surface area contributed by atoms with Crippen LogP contribution in [0.5, 0.6) is 11.5 Å². The summed E-state index contributed by atoms with van der Waals surface area (Å²) in [7, 11) is 3.74. The third-order valence-corrected chi connectivity index (χ3v) is 3.51. The lowest BCUT2D eigenvalue weighted by molar-refractivity contribution is 0.111. The Kier molecular flexibility index (Phi) is 5.16. The van der Waals surface area contributed by atoms with Gasteiger partial charge in [-0.2, -0.15) is 0 Å². The number of carbonyl (C=O) groups excluding carboxylic acids is 1. The predicted molar refractivity (Wildman–Crippen MR) is 76.0 cm³/mol. The van der Waals surface area contributed by atoms with Gasteiger partial charge in [0, 0.05) is 13.1 Å². The van der Waals surface area contributed by atoms with Crippen LogP contribution in [0.15, 0.2) is 23.2 Å². The molecule has 0 aliphatic carbocycles. The molecule has 0 spiro atoms. The molecule has 0 aromatic heterocycles. The van der Waals surface area contributed by atoms with Gasteiger partial charge in [-0.15, -0.1) is 0 Å². The Morgan fingerprint density at radius 1 is 1.35 bits per heavy atom. The van der Waals surface area contributed by atoms with Crippen LogP contribution in [0.3, 0.4) is 0 Å². The zero-order chi connectivity index (χ0) is 14.4. The molecule has 1 aliphatic rings. The van der Waals surface area contributed by atoms with E-state index in [2.05, 4.69) is 16.9 Å². The average molecular weight is 276 g/mol. The van der Waals surface area contributed by atoms with Crippen molar-refractivity contribution in [3.63, 3.8) is 0 Å². The molecule has 2 rings (SSSR count). The van der Waals surface area contributed by atoms with Gasteiger partial charge in [0.05, 0.1) is 13.7 Å². The molecule has 1 aromatic rings. The maximum Gasteiger partial charge on any atom is 0.235 e. The molecule has 0 radical (unpaired) electrons. The molecule has 20 heavy (non-hydrogen) atoms. The molecule has 0 saturated carbocycles. The van der Waals surface area contributed by atoms with Gasteiger partial charge in [0.1, 0.15) is 6.10 Å². The Hall–Kier alpha value is -1.84. The second kappa shape index (κ2) is 7.08. The van der Waals surface area contributed by atoms with Gasteiger partial charge in [0.2, 0.25) is 6.08 Å². The number of aliphatic imine (C=N–C) groups is 1. The number of likely N-dealkylation sites (tertiary alicyclic amines) is 1. The van der Waals surface area contributed by atoms with E-state index in [1.54, 1.807) is 7.11 Å². The van der Waals surface area contributed by atoms with Gasteiger partial charge in [-0.05, 0) is 37.6 Å². The van der Waals surface area contributed by atoms with Crippen molar-refractivity contribution < 1.29 is 14.3 Å². The van der Waals surface area contributed by atoms with Crippen molar-refractivity contribution in [3.8, 4) is 11.5 Å². The van der Waals surface area contributed by atoms with E-state index in [9.17, 15) is 4.79 Å². The number of methoxy groups -OCH3 is 1. The third kappa shape index (κ3) is 3.83. The number of nitrogens with zero attached hydrogens (tertiary/aromatic N) is 2. The van der Waals surface area contributed by atoms with Crippen LogP contribution in [-0.2, 0) is 11.3 Å². The first-order valence-corrected chi connectivity index (χ1v) is 6.78. The lowest BCUT2D eigenvalue weighted by Gasteiger charge is -2.29. The zero-order valence-electron chi connectivity index (χ0n) is 12.0. The second-order valence-electron chi connectivity index (χ2n) is 5.01. The molecule has 0 atom stereocenters. The number of rotatable bonds is 5. The van der Waals surface area contributed by atoms with Crippen molar-refractivity contribution in [2.75, 3.05) is 27.2 Å². The Morgan fingerprint density at radius 2 is 2.10 bits per heavy atom. The van der Waals surface area contributed by atoms with E-state index in [-0.39, 0.29) is 6.10 Å². The van der Waals surface area contributed by atoms with Crippen molar-refractivity contribution in [1.29, 1.82) is 0 Å². The summed E-state index contributed by atoms with van der Waals surface area (Å²) in [4.78, 5) is 16.0. The standard InChI is InChI=1S/C15H20N2O3/c1-17-7-5-13(6-8-17)20-14-4-3-12(10-16-11-18)9-15(14)19-2/h3-4,9,13H,5-8,10H2,1-2H3. The number of piperidine rings is 1. The second-order valence-corrected chi connectivity index (χ2v) is 5.01. The molecule has 1 saturated heterocycles. The summed E-state index contributed by atoms with van der Waals surface area (Å²) in [5.41, 5.74) is 0.904. The minimum Gasteiger partial charge on any atom is -0.493 e. The minimum atomic E-state index is 0.235. The predicted octanol–water partition coefficient (Wildman–Crippen LogP) is 2.00. The molecular formula is C15H20N2O3. The van der Waals surface area contributed by atoms with Gasteiger partial charge in [-0.25, -0.2) is 9.79 Å². The van der Waals surface area contributed by atoms with E-state index in [0.717, 1.165) is 37.2 Å². The van der Waals surface area contributed by atoms with Crippen LogP contribution in [0.4, 0.5) is 0 Å². The summed E-state index contributed by atoms with van der Waals surface area (Å²) >= 11 is 0. The Bertz CT molecular complexity index is 490. The normalized spacial score (nSPS) is 16.5. The number of hydrogen-bond acceptors (Lipinski definition) is 5. The smallest absolute Gasteiger partial charge is 0.235 e. The highest BCUT2D eigenvalue weighted by Crippen LogP contribution is 2.30. The first kappa shape index (κ1) is 14.6. The molecule has 5 heteroatoms. The van der Waals surface area contributed by atoms with Crippen LogP contribution in [-0.4, -0.2) is 44.3 Å². The lowest BCUT2D eigenvalue weighted by atomic mass is 10.1. The third-order valence-electron chi connectivity index (χ3n) is 3.51. The van der Waals surface area contributed by atoms with E-state index < -0.39 is 0 Å². The molecule has 0 N–H and O–H groups in total. The van der Waals surface area contributed by atoms with Crippen LogP contribution in [0.1, 0.15) is 18.4 Å². The molecule has 1 heterocycles. The van der Waals surface area contributed by atoms with E-state index >= 15 is 0 Å². The number of benzene rings is 1. The fraction of sp³-hybridized carbons (Fsp3) is 0.533. The van der Waals surface area contributed by atoms with Crippen LogP contribution < -0.4 is 9.47 Å². The molecule has 1 fully saturated rings. The van der Waals surface area contributed by atoms with Crippen molar-refractivity contribution in [1.82, 2.24) is 4.90 Å². The first-order valence-electron chi connectivity index (χ1n) is 6.78. The van der Waals surface area contributed by atoms with Crippen molar-refractivity contribution in [2.24, 2.45) is 4.99 Å². The van der Waals surface area contributed by atoms with Gasteiger partial charge in [0.15, 0.2) is 11.5 Å². The summed E-state index contributed by atoms with van der Waals surface area (Å²) in [5.74, 6) is 1.43. The maximum atomic E-state index is 10.1. The highest BCUT2D eigenvalue weighted by molar-refractivity contribution is 5.43. The van der Waals surface area contributed by atoms with Crippen LogP contribution >= 0.6 is 0 Å². The molecule has 0 unspecified atom stereocenters. The van der Waals surface area contributed by atoms with Crippen molar-refractivity contribution in [2.45, 2.75) is 25.5 Å². The van der Waals surface area contributed by atoms with Crippen molar-refractivity contribution >= 4 is 6.08 Å². The molecular weight excluding hydrogens is 256 g/mol. The summed E-state index contributed by atoms with van der Waals surface area (Å²) < 4.78 is 11.4. The van der Waals surface area contributed by atoms with Crippen molar-refractivity contribution in [3.05, 3.63) is 23.8 Å². The molecule has 1 aromatic carbocycles. The van der Waals surface area contributed by atoms with E-state index in [1.807, 2.05) is 18.2 Å². The Balaban J connectivity index is 2.05. The molecule has 1 aliphatic heterocycles. The summed E-state index contributed by atoms with van der Waals surface area (Å²) in [6.07, 6.45) is 3.82. The van der Waals surface area contributed by atoms with E-state index in [0.29, 0.717) is 12.3 Å². The van der Waals surface area contributed by atoms with Gasteiger partial charge in [-0.3, -0.25) is 0 Å². The maximum absolute atomic E-state index is 10.1. The van der Waals surface area contributed by atoms with Crippen LogP contribution in [0.2, 0.25) is 0 Å². The quantitative estimate of drug-likeness (QED) is 0.610. The monoisotopic (exact) mass is 276 g/mol. The summed E-state index contributed by atoms with van der Waals surface area (Å²) in [6, 6.07) is 5.63. The van der Waals surface area contributed by atoms with Crippen LogP contribution in [0, 0.1) is 0 Å². The van der Waals surface area contributed by atoms with Crippen LogP contribution in [0.25, 0.3) is 0 Å².